The second-order valence-corrected chi connectivity index (χ2v) is 6.63. The monoisotopic (exact) mass is 349 g/mol. The largest absolute Gasteiger partial charge is 0.371 e. The number of hydrogen-bond donors (Lipinski definition) is 0. The third kappa shape index (κ3) is 2.63. The molecule has 1 saturated heterocycles. The van der Waals surface area contributed by atoms with E-state index in [1.165, 1.54) is 6.07 Å². The van der Waals surface area contributed by atoms with E-state index in [1.54, 1.807) is 30.2 Å². The topological polar surface area (TPSA) is 66.7 Å². The molecule has 6 nitrogen and oxygen atoms in total. The first-order chi connectivity index (χ1) is 12.6. The van der Waals surface area contributed by atoms with Crippen molar-refractivity contribution in [1.82, 2.24) is 0 Å². The van der Waals surface area contributed by atoms with E-state index < -0.39 is 4.92 Å². The van der Waals surface area contributed by atoms with Crippen LogP contribution in [0.25, 0.3) is 11.6 Å². The van der Waals surface area contributed by atoms with Crippen LogP contribution in [0.5, 0.6) is 0 Å². The van der Waals surface area contributed by atoms with Crippen molar-refractivity contribution in [2.75, 3.05) is 29.9 Å². The van der Waals surface area contributed by atoms with Crippen LogP contribution in [0.2, 0.25) is 0 Å². The predicted octanol–water partition coefficient (Wildman–Crippen LogP) is 3.71. The molecule has 2 aliphatic rings. The molecule has 0 unspecified atom stereocenters. The minimum Gasteiger partial charge on any atom is -0.371 e. The zero-order chi connectivity index (χ0) is 18.3. The Hall–Kier alpha value is -3.15. The summed E-state index contributed by atoms with van der Waals surface area (Å²) in [6.07, 6.45) is 4.01. The minimum absolute atomic E-state index is 0.0342. The lowest BCUT2D eigenvalue weighted by Crippen LogP contribution is -2.20. The van der Waals surface area contributed by atoms with Gasteiger partial charge in [0.2, 0.25) is 0 Å². The lowest BCUT2D eigenvalue weighted by atomic mass is 10.0. The van der Waals surface area contributed by atoms with Gasteiger partial charge in [0.05, 0.1) is 10.6 Å². The molecular formula is C20H19N3O3. The highest BCUT2D eigenvalue weighted by Crippen LogP contribution is 2.38. The normalized spacial score (nSPS) is 17.9. The number of para-hydroxylation sites is 1. The number of carbonyl (C=O) groups excluding carboxylic acids is 1. The third-order valence-electron chi connectivity index (χ3n) is 5.06. The highest BCUT2D eigenvalue weighted by atomic mass is 16.6. The zero-order valence-electron chi connectivity index (χ0n) is 14.5. The standard InChI is InChI=1S/C20H19N3O3/c1-21-19-7-3-2-6-16(19)17(20(21)24)13-14-12-15(23(25)26)8-9-18(14)22-10-4-5-11-22/h2-3,6-9,12-13H,4-5,10-11H2,1H3/b17-13-. The van der Waals surface area contributed by atoms with Crippen LogP contribution in [-0.2, 0) is 4.79 Å². The molecule has 2 aromatic carbocycles. The van der Waals surface area contributed by atoms with Gasteiger partial charge in [0.1, 0.15) is 0 Å². The summed E-state index contributed by atoms with van der Waals surface area (Å²) >= 11 is 0. The summed E-state index contributed by atoms with van der Waals surface area (Å²) in [4.78, 5) is 27.4. The molecule has 132 valence electrons. The molecule has 0 N–H and O–H groups in total. The summed E-state index contributed by atoms with van der Waals surface area (Å²) in [6, 6.07) is 12.5. The fourth-order valence-electron chi connectivity index (χ4n) is 3.71. The summed E-state index contributed by atoms with van der Waals surface area (Å²) in [7, 11) is 1.75. The Labute approximate surface area is 151 Å². The fraction of sp³-hybridized carbons (Fsp3) is 0.250. The van der Waals surface area contributed by atoms with Gasteiger partial charge >= 0.3 is 0 Å². The van der Waals surface area contributed by atoms with E-state index in [1.807, 2.05) is 24.3 Å². The van der Waals surface area contributed by atoms with E-state index in [-0.39, 0.29) is 11.6 Å². The molecule has 2 aliphatic heterocycles. The van der Waals surface area contributed by atoms with Crippen LogP contribution in [0, 0.1) is 10.1 Å². The maximum Gasteiger partial charge on any atom is 0.270 e. The molecule has 0 atom stereocenters. The summed E-state index contributed by atoms with van der Waals surface area (Å²) in [5, 5.41) is 11.2. The number of carbonyl (C=O) groups is 1. The van der Waals surface area contributed by atoms with Gasteiger partial charge in [-0.25, -0.2) is 0 Å². The maximum absolute atomic E-state index is 12.7. The van der Waals surface area contributed by atoms with Crippen LogP contribution in [0.15, 0.2) is 42.5 Å². The number of anilines is 2. The number of amides is 1. The zero-order valence-corrected chi connectivity index (χ0v) is 14.5. The lowest BCUT2D eigenvalue weighted by Gasteiger charge is -2.20. The van der Waals surface area contributed by atoms with E-state index in [4.69, 9.17) is 0 Å². The predicted molar refractivity (Wildman–Crippen MR) is 102 cm³/mol. The third-order valence-corrected chi connectivity index (χ3v) is 5.06. The van der Waals surface area contributed by atoms with E-state index in [9.17, 15) is 14.9 Å². The van der Waals surface area contributed by atoms with E-state index in [2.05, 4.69) is 4.90 Å². The van der Waals surface area contributed by atoms with Crippen molar-refractivity contribution in [3.05, 3.63) is 63.7 Å². The van der Waals surface area contributed by atoms with E-state index in [0.29, 0.717) is 5.57 Å². The first kappa shape index (κ1) is 16.3. The van der Waals surface area contributed by atoms with Crippen molar-refractivity contribution >= 4 is 34.6 Å². The SMILES string of the molecule is CN1C(=O)/C(=C\c2cc([N+](=O)[O-])ccc2N2CCCC2)c2ccccc21. The quantitative estimate of drug-likeness (QED) is 0.481. The number of non-ortho nitro benzene ring substituents is 1. The average molecular weight is 349 g/mol. The molecule has 0 aliphatic carbocycles. The van der Waals surface area contributed by atoms with Gasteiger partial charge in [0, 0.05) is 54.7 Å². The smallest absolute Gasteiger partial charge is 0.270 e. The molecule has 0 bridgehead atoms. The summed E-state index contributed by atoms with van der Waals surface area (Å²) in [6.45, 7) is 1.86. The number of benzene rings is 2. The van der Waals surface area contributed by atoms with Crippen LogP contribution in [0.1, 0.15) is 24.0 Å². The minimum atomic E-state index is -0.397. The van der Waals surface area contributed by atoms with Crippen molar-refractivity contribution in [1.29, 1.82) is 0 Å². The van der Waals surface area contributed by atoms with Gasteiger partial charge in [-0.05, 0) is 31.1 Å². The van der Waals surface area contributed by atoms with Gasteiger partial charge in [0.25, 0.3) is 11.6 Å². The Balaban J connectivity index is 1.86. The Morgan fingerprint density at radius 1 is 1.08 bits per heavy atom. The van der Waals surface area contributed by atoms with Gasteiger partial charge in [-0.3, -0.25) is 14.9 Å². The lowest BCUT2D eigenvalue weighted by molar-refractivity contribution is -0.384. The maximum atomic E-state index is 12.7. The van der Waals surface area contributed by atoms with Gasteiger partial charge in [-0.2, -0.15) is 0 Å². The molecule has 2 heterocycles. The number of nitro benzene ring substituents is 1. The van der Waals surface area contributed by atoms with Crippen molar-refractivity contribution in [3.8, 4) is 0 Å². The second kappa shape index (κ2) is 6.29. The van der Waals surface area contributed by atoms with Crippen molar-refractivity contribution < 1.29 is 9.72 Å². The summed E-state index contributed by atoms with van der Waals surface area (Å²) < 4.78 is 0. The van der Waals surface area contributed by atoms with Gasteiger partial charge in [0.15, 0.2) is 0 Å². The highest BCUT2D eigenvalue weighted by Gasteiger charge is 2.30. The summed E-state index contributed by atoms with van der Waals surface area (Å²) in [5.74, 6) is -0.0925. The molecule has 0 saturated carbocycles. The molecule has 1 fully saturated rings. The molecule has 6 heteroatoms. The number of hydrogen-bond acceptors (Lipinski definition) is 4. The first-order valence-corrected chi connectivity index (χ1v) is 8.69. The van der Waals surface area contributed by atoms with Gasteiger partial charge in [-0.1, -0.05) is 18.2 Å². The second-order valence-electron chi connectivity index (χ2n) is 6.63. The number of fused-ring (bicyclic) bond motifs is 1. The molecule has 4 rings (SSSR count). The van der Waals surface area contributed by atoms with Gasteiger partial charge < -0.3 is 9.80 Å². The van der Waals surface area contributed by atoms with Crippen molar-refractivity contribution in [3.63, 3.8) is 0 Å². The Morgan fingerprint density at radius 2 is 1.81 bits per heavy atom. The molecular weight excluding hydrogens is 330 g/mol. The average Bonchev–Trinajstić information content (AvgIpc) is 3.26. The number of nitro groups is 1. The highest BCUT2D eigenvalue weighted by molar-refractivity contribution is 6.35. The van der Waals surface area contributed by atoms with Crippen LogP contribution in [0.3, 0.4) is 0 Å². The van der Waals surface area contributed by atoms with Crippen molar-refractivity contribution in [2.24, 2.45) is 0 Å². The summed E-state index contributed by atoms with van der Waals surface area (Å²) in [5.41, 5.74) is 3.99. The van der Waals surface area contributed by atoms with Crippen LogP contribution in [0.4, 0.5) is 17.1 Å². The number of rotatable bonds is 3. The Bertz CT molecular complexity index is 930. The Kier molecular flexibility index (Phi) is 3.95. The Morgan fingerprint density at radius 3 is 2.54 bits per heavy atom. The molecule has 0 radical (unpaired) electrons. The fourth-order valence-corrected chi connectivity index (χ4v) is 3.71. The molecule has 26 heavy (non-hydrogen) atoms. The van der Waals surface area contributed by atoms with E-state index in [0.717, 1.165) is 48.4 Å². The van der Waals surface area contributed by atoms with E-state index >= 15 is 0 Å². The first-order valence-electron chi connectivity index (χ1n) is 8.69. The van der Waals surface area contributed by atoms with Crippen LogP contribution < -0.4 is 9.80 Å². The molecule has 0 aromatic heterocycles. The van der Waals surface area contributed by atoms with Crippen LogP contribution >= 0.6 is 0 Å². The number of likely N-dealkylation sites (N-methyl/N-ethyl adjacent to an activating group) is 1. The molecule has 2 aromatic rings. The molecule has 0 spiro atoms. The number of nitrogens with zero attached hydrogens (tertiary/aromatic N) is 3. The van der Waals surface area contributed by atoms with Crippen molar-refractivity contribution in [2.45, 2.75) is 12.8 Å². The van der Waals surface area contributed by atoms with Crippen LogP contribution in [-0.4, -0.2) is 31.0 Å². The molecule has 1 amide bonds. The van der Waals surface area contributed by atoms with Gasteiger partial charge in [-0.15, -0.1) is 0 Å².